The standard InChI is InChI=1S/C9H9FO3/c10-7-2-1-6(5-11)8-9(7)13-4-3-12-8/h1-2,11H,3-5H2. The number of ether oxygens (including phenoxy) is 2. The number of hydrogen-bond acceptors (Lipinski definition) is 3. The number of benzene rings is 1. The Morgan fingerprint density at radius 3 is 2.62 bits per heavy atom. The summed E-state index contributed by atoms with van der Waals surface area (Å²) in [5.41, 5.74) is 0.552. The number of halogens is 1. The molecule has 13 heavy (non-hydrogen) atoms. The highest BCUT2D eigenvalue weighted by Crippen LogP contribution is 2.36. The molecule has 3 nitrogen and oxygen atoms in total. The van der Waals surface area contributed by atoms with Crippen LogP contribution in [0.1, 0.15) is 5.56 Å². The van der Waals surface area contributed by atoms with Crippen LogP contribution in [0.15, 0.2) is 12.1 Å². The van der Waals surface area contributed by atoms with Crippen LogP contribution in [0.3, 0.4) is 0 Å². The van der Waals surface area contributed by atoms with Crippen molar-refractivity contribution in [3.63, 3.8) is 0 Å². The van der Waals surface area contributed by atoms with E-state index in [9.17, 15) is 4.39 Å². The second kappa shape index (κ2) is 3.22. The maximum Gasteiger partial charge on any atom is 0.197 e. The molecule has 0 fully saturated rings. The van der Waals surface area contributed by atoms with Crippen LogP contribution in [0.5, 0.6) is 11.5 Å². The lowest BCUT2D eigenvalue weighted by atomic mass is 10.2. The largest absolute Gasteiger partial charge is 0.486 e. The highest BCUT2D eigenvalue weighted by atomic mass is 19.1. The third-order valence-electron chi connectivity index (χ3n) is 1.89. The summed E-state index contributed by atoms with van der Waals surface area (Å²) in [7, 11) is 0. The van der Waals surface area contributed by atoms with Gasteiger partial charge in [0.2, 0.25) is 0 Å². The molecule has 0 amide bonds. The molecule has 1 aliphatic rings. The Kier molecular flexibility index (Phi) is 2.06. The summed E-state index contributed by atoms with van der Waals surface area (Å²) in [5, 5.41) is 8.93. The number of fused-ring (bicyclic) bond motifs is 1. The SMILES string of the molecule is OCc1ccc(F)c2c1OCCO2. The highest BCUT2D eigenvalue weighted by Gasteiger charge is 2.19. The Balaban J connectivity index is 2.52. The maximum atomic E-state index is 13.1. The molecule has 1 aliphatic heterocycles. The third-order valence-corrected chi connectivity index (χ3v) is 1.89. The Labute approximate surface area is 74.7 Å². The first-order chi connectivity index (χ1) is 6.33. The Morgan fingerprint density at radius 2 is 1.92 bits per heavy atom. The fourth-order valence-electron chi connectivity index (χ4n) is 1.28. The van der Waals surface area contributed by atoms with Crippen molar-refractivity contribution in [2.45, 2.75) is 6.61 Å². The van der Waals surface area contributed by atoms with E-state index in [-0.39, 0.29) is 12.4 Å². The molecule has 0 saturated heterocycles. The van der Waals surface area contributed by atoms with Gasteiger partial charge in [0.1, 0.15) is 13.2 Å². The monoisotopic (exact) mass is 184 g/mol. The number of aliphatic hydroxyl groups excluding tert-OH is 1. The number of hydrogen-bond donors (Lipinski definition) is 1. The summed E-state index contributed by atoms with van der Waals surface area (Å²) in [6.07, 6.45) is 0. The lowest BCUT2D eigenvalue weighted by molar-refractivity contribution is 0.158. The van der Waals surface area contributed by atoms with Crippen molar-refractivity contribution in [2.24, 2.45) is 0 Å². The normalized spacial score (nSPS) is 14.3. The van der Waals surface area contributed by atoms with Crippen molar-refractivity contribution in [3.05, 3.63) is 23.5 Å². The zero-order valence-electron chi connectivity index (χ0n) is 6.92. The zero-order chi connectivity index (χ0) is 9.26. The molecule has 0 aliphatic carbocycles. The van der Waals surface area contributed by atoms with E-state index in [1.807, 2.05) is 0 Å². The molecular formula is C9H9FO3. The van der Waals surface area contributed by atoms with Crippen LogP contribution in [0.2, 0.25) is 0 Å². The van der Waals surface area contributed by atoms with E-state index in [2.05, 4.69) is 0 Å². The van der Waals surface area contributed by atoms with Crippen LogP contribution < -0.4 is 9.47 Å². The lowest BCUT2D eigenvalue weighted by Gasteiger charge is -2.20. The van der Waals surface area contributed by atoms with E-state index in [0.29, 0.717) is 24.5 Å². The van der Waals surface area contributed by atoms with Crippen LogP contribution in [0.4, 0.5) is 4.39 Å². The predicted octanol–water partition coefficient (Wildman–Crippen LogP) is 1.09. The zero-order valence-corrected chi connectivity index (χ0v) is 6.92. The Bertz CT molecular complexity index is 325. The second-order valence-corrected chi connectivity index (χ2v) is 2.72. The van der Waals surface area contributed by atoms with Gasteiger partial charge in [0.25, 0.3) is 0 Å². The first kappa shape index (κ1) is 8.31. The summed E-state index contributed by atoms with van der Waals surface area (Å²) in [4.78, 5) is 0. The van der Waals surface area contributed by atoms with Gasteiger partial charge in [-0.2, -0.15) is 0 Å². The molecule has 0 radical (unpaired) electrons. The molecule has 1 aromatic carbocycles. The molecule has 0 saturated carbocycles. The van der Waals surface area contributed by atoms with Gasteiger partial charge >= 0.3 is 0 Å². The minimum atomic E-state index is -0.452. The first-order valence-electron chi connectivity index (χ1n) is 4.01. The minimum Gasteiger partial charge on any atom is -0.486 e. The van der Waals surface area contributed by atoms with E-state index < -0.39 is 5.82 Å². The lowest BCUT2D eigenvalue weighted by Crippen LogP contribution is -2.17. The highest BCUT2D eigenvalue weighted by molar-refractivity contribution is 5.48. The molecule has 4 heteroatoms. The van der Waals surface area contributed by atoms with Crippen molar-refractivity contribution in [2.75, 3.05) is 13.2 Å². The maximum absolute atomic E-state index is 13.1. The summed E-state index contributed by atoms with van der Waals surface area (Å²) in [6.45, 7) is 0.564. The Hall–Kier alpha value is -1.29. The average molecular weight is 184 g/mol. The molecule has 0 atom stereocenters. The van der Waals surface area contributed by atoms with E-state index in [4.69, 9.17) is 14.6 Å². The fourth-order valence-corrected chi connectivity index (χ4v) is 1.28. The summed E-state index contributed by atoms with van der Waals surface area (Å²) in [6, 6.07) is 2.75. The van der Waals surface area contributed by atoms with E-state index in [1.54, 1.807) is 0 Å². The van der Waals surface area contributed by atoms with E-state index in [0.717, 1.165) is 0 Å². The second-order valence-electron chi connectivity index (χ2n) is 2.72. The molecule has 1 aromatic rings. The summed E-state index contributed by atoms with van der Waals surface area (Å²) in [5.74, 6) is -0.0153. The molecular weight excluding hydrogens is 175 g/mol. The van der Waals surface area contributed by atoms with Crippen molar-refractivity contribution in [3.8, 4) is 11.5 Å². The molecule has 1 heterocycles. The van der Waals surface area contributed by atoms with Gasteiger partial charge in [-0.25, -0.2) is 4.39 Å². The minimum absolute atomic E-state index is 0.109. The van der Waals surface area contributed by atoms with Crippen molar-refractivity contribution < 1.29 is 19.0 Å². The van der Waals surface area contributed by atoms with Crippen LogP contribution >= 0.6 is 0 Å². The fraction of sp³-hybridized carbons (Fsp3) is 0.333. The molecule has 2 rings (SSSR count). The quantitative estimate of drug-likeness (QED) is 0.710. The van der Waals surface area contributed by atoms with Crippen LogP contribution in [0, 0.1) is 5.82 Å². The Morgan fingerprint density at radius 1 is 1.23 bits per heavy atom. The molecule has 1 N–H and O–H groups in total. The average Bonchev–Trinajstić information content (AvgIpc) is 2.19. The van der Waals surface area contributed by atoms with Crippen LogP contribution in [-0.2, 0) is 6.61 Å². The van der Waals surface area contributed by atoms with E-state index >= 15 is 0 Å². The van der Waals surface area contributed by atoms with Crippen molar-refractivity contribution in [1.82, 2.24) is 0 Å². The van der Waals surface area contributed by atoms with Crippen molar-refractivity contribution in [1.29, 1.82) is 0 Å². The van der Waals surface area contributed by atoms with Gasteiger partial charge in [0, 0.05) is 5.56 Å². The number of rotatable bonds is 1. The predicted molar refractivity (Wildman–Crippen MR) is 43.3 cm³/mol. The summed E-state index contributed by atoms with van der Waals surface area (Å²) < 4.78 is 23.4. The molecule has 0 spiro atoms. The number of aliphatic hydroxyl groups is 1. The smallest absolute Gasteiger partial charge is 0.197 e. The van der Waals surface area contributed by atoms with E-state index in [1.165, 1.54) is 12.1 Å². The van der Waals surface area contributed by atoms with Gasteiger partial charge in [-0.05, 0) is 12.1 Å². The molecule has 0 bridgehead atoms. The van der Waals surface area contributed by atoms with Gasteiger partial charge in [-0.1, -0.05) is 0 Å². The molecule has 0 aromatic heterocycles. The van der Waals surface area contributed by atoms with Gasteiger partial charge in [0.05, 0.1) is 6.61 Å². The van der Waals surface area contributed by atoms with Crippen LogP contribution in [-0.4, -0.2) is 18.3 Å². The molecule has 0 unspecified atom stereocenters. The molecule has 70 valence electrons. The summed E-state index contributed by atoms with van der Waals surface area (Å²) >= 11 is 0. The van der Waals surface area contributed by atoms with Gasteiger partial charge in [0.15, 0.2) is 17.3 Å². The van der Waals surface area contributed by atoms with Crippen molar-refractivity contribution >= 4 is 0 Å². The first-order valence-corrected chi connectivity index (χ1v) is 4.01. The third kappa shape index (κ3) is 1.33. The topological polar surface area (TPSA) is 38.7 Å². The van der Waals surface area contributed by atoms with Gasteiger partial charge in [-0.15, -0.1) is 0 Å². The van der Waals surface area contributed by atoms with Gasteiger partial charge < -0.3 is 14.6 Å². The van der Waals surface area contributed by atoms with Gasteiger partial charge in [-0.3, -0.25) is 0 Å². The van der Waals surface area contributed by atoms with Crippen LogP contribution in [0.25, 0.3) is 0 Å².